The van der Waals surface area contributed by atoms with Gasteiger partial charge in [0.1, 0.15) is 5.58 Å². The van der Waals surface area contributed by atoms with Crippen LogP contribution in [0.1, 0.15) is 0 Å². The lowest BCUT2D eigenvalue weighted by Gasteiger charge is -2.11. The predicted octanol–water partition coefficient (Wildman–Crippen LogP) is 6.64. The number of benzene rings is 4. The molecule has 0 aliphatic carbocycles. The van der Waals surface area contributed by atoms with Crippen LogP contribution in [-0.2, 0) is 0 Å². The van der Waals surface area contributed by atoms with Crippen LogP contribution in [0, 0.1) is 0 Å². The highest BCUT2D eigenvalue weighted by Gasteiger charge is 2.19. The van der Waals surface area contributed by atoms with Crippen molar-refractivity contribution in [3.05, 3.63) is 100 Å². The highest BCUT2D eigenvalue weighted by Crippen LogP contribution is 2.37. The van der Waals surface area contributed by atoms with Gasteiger partial charge in [0.25, 0.3) is 0 Å². The van der Waals surface area contributed by atoms with E-state index in [4.69, 9.17) is 16.0 Å². The minimum Gasteiger partial charge on any atom is -0.502 e. The Bertz CT molecular complexity index is 1440. The molecule has 0 radical (unpaired) electrons. The van der Waals surface area contributed by atoms with Crippen molar-refractivity contribution >= 4 is 33.3 Å². The molecule has 0 saturated carbocycles. The lowest BCUT2D eigenvalue weighted by atomic mass is 9.99. The zero-order valence-electron chi connectivity index (χ0n) is 15.2. The van der Waals surface area contributed by atoms with Gasteiger partial charge in [0.05, 0.1) is 5.39 Å². The van der Waals surface area contributed by atoms with E-state index in [-0.39, 0.29) is 11.1 Å². The highest BCUT2D eigenvalue weighted by atomic mass is 35.5. The zero-order chi connectivity index (χ0) is 20.0. The van der Waals surface area contributed by atoms with E-state index in [2.05, 4.69) is 0 Å². The van der Waals surface area contributed by atoms with Gasteiger partial charge in [-0.15, -0.1) is 0 Å². The number of rotatable bonds is 2. The smallest absolute Gasteiger partial charge is 0.235 e. The van der Waals surface area contributed by atoms with Crippen LogP contribution >= 0.6 is 11.6 Å². The SMILES string of the molecule is O=c1c(O)c(-c2ccccc2)oc2c(-c3ccc4ccccc4c3)cc(Cl)cc12. The largest absolute Gasteiger partial charge is 0.502 e. The van der Waals surface area contributed by atoms with Crippen LogP contribution in [0.15, 0.2) is 94.1 Å². The molecule has 0 spiro atoms. The summed E-state index contributed by atoms with van der Waals surface area (Å²) in [5.74, 6) is -0.275. The van der Waals surface area contributed by atoms with Gasteiger partial charge < -0.3 is 9.52 Å². The standard InChI is InChI=1S/C25H15ClO3/c26-19-13-20(18-11-10-15-6-4-5-9-17(15)12-18)25-21(14-19)22(27)23(28)24(29-25)16-7-2-1-3-8-16/h1-14,28H. The Labute approximate surface area is 171 Å². The first-order valence-electron chi connectivity index (χ1n) is 9.16. The van der Waals surface area contributed by atoms with E-state index < -0.39 is 11.2 Å². The molecule has 3 nitrogen and oxygen atoms in total. The first-order chi connectivity index (χ1) is 14.1. The number of hydrogen-bond acceptors (Lipinski definition) is 3. The number of halogens is 1. The van der Waals surface area contributed by atoms with E-state index in [1.165, 1.54) is 6.07 Å². The lowest BCUT2D eigenvalue weighted by Crippen LogP contribution is -2.03. The first-order valence-corrected chi connectivity index (χ1v) is 9.53. The molecule has 0 atom stereocenters. The quantitative estimate of drug-likeness (QED) is 0.362. The van der Waals surface area contributed by atoms with Gasteiger partial charge in [-0.3, -0.25) is 4.79 Å². The van der Waals surface area contributed by atoms with Crippen molar-refractivity contribution in [2.45, 2.75) is 0 Å². The second-order valence-corrected chi connectivity index (χ2v) is 7.30. The summed E-state index contributed by atoms with van der Waals surface area (Å²) in [6.45, 7) is 0. The molecule has 0 fully saturated rings. The summed E-state index contributed by atoms with van der Waals surface area (Å²) in [7, 11) is 0. The summed E-state index contributed by atoms with van der Waals surface area (Å²) >= 11 is 6.31. The van der Waals surface area contributed by atoms with E-state index in [1.807, 2.05) is 60.7 Å². The molecule has 5 aromatic rings. The molecule has 0 saturated heterocycles. The molecule has 1 heterocycles. The molecule has 29 heavy (non-hydrogen) atoms. The first kappa shape index (κ1) is 17.5. The van der Waals surface area contributed by atoms with Crippen molar-refractivity contribution in [1.82, 2.24) is 0 Å². The van der Waals surface area contributed by atoms with E-state index in [0.29, 0.717) is 21.7 Å². The van der Waals surface area contributed by atoms with Gasteiger partial charge in [0.2, 0.25) is 11.2 Å². The molecule has 0 bridgehead atoms. The third-order valence-electron chi connectivity index (χ3n) is 5.03. The Kier molecular flexibility index (Phi) is 4.11. The predicted molar refractivity (Wildman–Crippen MR) is 118 cm³/mol. The van der Waals surface area contributed by atoms with Crippen molar-refractivity contribution in [2.75, 3.05) is 0 Å². The monoisotopic (exact) mass is 398 g/mol. The minimum absolute atomic E-state index is 0.146. The molecule has 4 aromatic carbocycles. The summed E-state index contributed by atoms with van der Waals surface area (Å²) in [5.41, 5.74) is 2.10. The van der Waals surface area contributed by atoms with Crippen molar-refractivity contribution in [3.63, 3.8) is 0 Å². The van der Waals surface area contributed by atoms with Crippen LogP contribution in [0.5, 0.6) is 5.75 Å². The molecule has 4 heteroatoms. The number of aromatic hydroxyl groups is 1. The molecule has 0 unspecified atom stereocenters. The van der Waals surface area contributed by atoms with Crippen LogP contribution in [0.2, 0.25) is 5.02 Å². The van der Waals surface area contributed by atoms with Crippen molar-refractivity contribution < 1.29 is 9.52 Å². The van der Waals surface area contributed by atoms with Gasteiger partial charge in [0, 0.05) is 16.1 Å². The Morgan fingerprint density at radius 2 is 1.48 bits per heavy atom. The fourth-order valence-corrected chi connectivity index (χ4v) is 3.83. The van der Waals surface area contributed by atoms with Gasteiger partial charge in [0.15, 0.2) is 5.76 Å². The maximum absolute atomic E-state index is 12.9. The molecule has 140 valence electrons. The summed E-state index contributed by atoms with van der Waals surface area (Å²) in [6.07, 6.45) is 0. The summed E-state index contributed by atoms with van der Waals surface area (Å²) in [5, 5.41) is 13.3. The summed E-state index contributed by atoms with van der Waals surface area (Å²) in [4.78, 5) is 12.9. The molecule has 0 aliphatic rings. The van der Waals surface area contributed by atoms with Crippen LogP contribution in [0.4, 0.5) is 0 Å². The van der Waals surface area contributed by atoms with E-state index in [9.17, 15) is 9.90 Å². The van der Waals surface area contributed by atoms with Crippen LogP contribution in [0.25, 0.3) is 44.2 Å². The molecular weight excluding hydrogens is 384 g/mol. The maximum atomic E-state index is 12.9. The van der Waals surface area contributed by atoms with Crippen molar-refractivity contribution in [3.8, 4) is 28.2 Å². The molecular formula is C25H15ClO3. The maximum Gasteiger partial charge on any atom is 0.235 e. The van der Waals surface area contributed by atoms with Crippen molar-refractivity contribution in [1.29, 1.82) is 0 Å². The fraction of sp³-hybridized carbons (Fsp3) is 0. The summed E-state index contributed by atoms with van der Waals surface area (Å²) in [6, 6.07) is 26.5. The average molecular weight is 399 g/mol. The van der Waals surface area contributed by atoms with E-state index >= 15 is 0 Å². The molecule has 0 aliphatic heterocycles. The topological polar surface area (TPSA) is 50.4 Å². The van der Waals surface area contributed by atoms with Gasteiger partial charge >= 0.3 is 0 Å². The molecule has 0 amide bonds. The van der Waals surface area contributed by atoms with Gasteiger partial charge in [-0.1, -0.05) is 78.3 Å². The Morgan fingerprint density at radius 1 is 0.759 bits per heavy atom. The zero-order valence-corrected chi connectivity index (χ0v) is 16.0. The van der Waals surface area contributed by atoms with Crippen molar-refractivity contribution in [2.24, 2.45) is 0 Å². The van der Waals surface area contributed by atoms with Crippen LogP contribution in [0.3, 0.4) is 0 Å². The third-order valence-corrected chi connectivity index (χ3v) is 5.25. The molecule has 1 aromatic heterocycles. The highest BCUT2D eigenvalue weighted by molar-refractivity contribution is 6.32. The Hall–Kier alpha value is -3.56. The second kappa shape index (κ2) is 6.80. The second-order valence-electron chi connectivity index (χ2n) is 6.87. The van der Waals surface area contributed by atoms with Crippen LogP contribution in [-0.4, -0.2) is 5.11 Å². The lowest BCUT2D eigenvalue weighted by molar-refractivity contribution is 0.449. The van der Waals surface area contributed by atoms with Gasteiger partial charge in [-0.2, -0.15) is 0 Å². The van der Waals surface area contributed by atoms with E-state index in [1.54, 1.807) is 18.2 Å². The molecule has 1 N–H and O–H groups in total. The Balaban J connectivity index is 1.85. The van der Waals surface area contributed by atoms with Crippen LogP contribution < -0.4 is 5.43 Å². The third kappa shape index (κ3) is 2.96. The molecule has 5 rings (SSSR count). The van der Waals surface area contributed by atoms with Gasteiger partial charge in [-0.05, 0) is 34.5 Å². The van der Waals surface area contributed by atoms with Gasteiger partial charge in [-0.25, -0.2) is 0 Å². The Morgan fingerprint density at radius 3 is 2.28 bits per heavy atom. The average Bonchev–Trinajstić information content (AvgIpc) is 2.76. The number of hydrogen-bond donors (Lipinski definition) is 1. The number of fused-ring (bicyclic) bond motifs is 2. The minimum atomic E-state index is -0.505. The summed E-state index contributed by atoms with van der Waals surface area (Å²) < 4.78 is 6.10. The normalized spacial score (nSPS) is 11.2. The van der Waals surface area contributed by atoms with E-state index in [0.717, 1.165) is 16.3 Å². The fourth-order valence-electron chi connectivity index (χ4n) is 3.61.